The van der Waals surface area contributed by atoms with Crippen LogP contribution in [0.5, 0.6) is 11.5 Å². The fourth-order valence-corrected chi connectivity index (χ4v) is 6.01. The summed E-state index contributed by atoms with van der Waals surface area (Å²) < 4.78 is 22.4. The minimum atomic E-state index is -2.29. The van der Waals surface area contributed by atoms with Crippen LogP contribution < -0.4 is 10.1 Å². The number of hydrogen-bond donors (Lipinski definition) is 7. The fourth-order valence-electron chi connectivity index (χ4n) is 6.01. The fraction of sp³-hybridized carbons (Fsp3) is 0.486. The molecule has 0 amide bonds. The number of hydrogen-bond acceptors (Lipinski definition) is 13. The quantitative estimate of drug-likeness (QED) is 0.0806. The zero-order valence-electron chi connectivity index (χ0n) is 27.2. The molecule has 262 valence electrons. The van der Waals surface area contributed by atoms with Gasteiger partial charge in [0.15, 0.2) is 23.7 Å². The summed E-state index contributed by atoms with van der Waals surface area (Å²) in [6, 6.07) is 11.2. The minimum Gasteiger partial charge on any atom is -0.504 e. The van der Waals surface area contributed by atoms with Crippen LogP contribution in [0.2, 0.25) is 0 Å². The molecule has 1 fully saturated rings. The molecule has 2 heterocycles. The molecule has 0 saturated carbocycles. The third-order valence-corrected chi connectivity index (χ3v) is 8.36. The molecule has 2 bridgehead atoms. The normalized spacial score (nSPS) is 26.4. The first kappa shape index (κ1) is 37.0. The first-order valence-electron chi connectivity index (χ1n) is 15.8. The van der Waals surface area contributed by atoms with Gasteiger partial charge in [-0.3, -0.25) is 4.79 Å². The zero-order chi connectivity index (χ0) is 35.0. The van der Waals surface area contributed by atoms with Gasteiger partial charge in [-0.25, -0.2) is 4.79 Å². The third kappa shape index (κ3) is 8.99. The molecule has 13 heteroatoms. The van der Waals surface area contributed by atoms with Crippen molar-refractivity contribution < 1.29 is 59.2 Å². The monoisotopic (exact) mass is 671 g/mol. The van der Waals surface area contributed by atoms with Crippen LogP contribution in [0, 0.1) is 0 Å². The van der Waals surface area contributed by atoms with Gasteiger partial charge < -0.3 is 54.9 Å². The summed E-state index contributed by atoms with van der Waals surface area (Å²) in [6.45, 7) is 2.58. The van der Waals surface area contributed by atoms with Crippen LogP contribution in [0.4, 0.5) is 0 Å². The Balaban J connectivity index is 1.73. The van der Waals surface area contributed by atoms with Crippen molar-refractivity contribution in [2.75, 3.05) is 26.9 Å². The highest BCUT2D eigenvalue weighted by Crippen LogP contribution is 2.39. The van der Waals surface area contributed by atoms with E-state index in [1.54, 1.807) is 13.0 Å². The van der Waals surface area contributed by atoms with Crippen molar-refractivity contribution in [2.45, 2.75) is 81.4 Å². The zero-order valence-corrected chi connectivity index (χ0v) is 27.2. The summed E-state index contributed by atoms with van der Waals surface area (Å²) in [5, 5.41) is 65.2. The smallest absolute Gasteiger partial charge is 0.334 e. The van der Waals surface area contributed by atoms with Gasteiger partial charge in [-0.1, -0.05) is 36.4 Å². The van der Waals surface area contributed by atoms with Gasteiger partial charge in [0.05, 0.1) is 19.3 Å². The van der Waals surface area contributed by atoms with Crippen molar-refractivity contribution in [3.63, 3.8) is 0 Å². The maximum atomic E-state index is 14.1. The Labute approximate surface area is 279 Å². The van der Waals surface area contributed by atoms with Crippen LogP contribution in [0.1, 0.15) is 49.3 Å². The molecule has 8 atom stereocenters. The molecule has 1 saturated heterocycles. The first-order valence-corrected chi connectivity index (χ1v) is 15.8. The lowest BCUT2D eigenvalue weighted by molar-refractivity contribution is -0.333. The van der Waals surface area contributed by atoms with Gasteiger partial charge >= 0.3 is 11.9 Å². The summed E-state index contributed by atoms with van der Waals surface area (Å²) in [6.07, 6.45) is -1.60. The highest BCUT2D eigenvalue weighted by Gasteiger charge is 2.59. The molecule has 0 aliphatic carbocycles. The number of benzene rings is 2. The number of aliphatic hydroxyl groups excluding tert-OH is 4. The minimum absolute atomic E-state index is 0.0434. The predicted octanol–water partition coefficient (Wildman–Crippen LogP) is 1.08. The summed E-state index contributed by atoms with van der Waals surface area (Å²) >= 11 is 0. The van der Waals surface area contributed by atoms with Crippen molar-refractivity contribution in [1.29, 1.82) is 0 Å². The number of rotatable bonds is 15. The van der Waals surface area contributed by atoms with E-state index in [-0.39, 0.29) is 49.7 Å². The van der Waals surface area contributed by atoms with Crippen LogP contribution in [0.3, 0.4) is 0 Å². The number of phenolic OH excluding ortho intramolecular Hbond substituents is 1. The van der Waals surface area contributed by atoms with E-state index in [0.717, 1.165) is 18.1 Å². The van der Waals surface area contributed by atoms with Gasteiger partial charge in [-0.2, -0.15) is 0 Å². The van der Waals surface area contributed by atoms with Crippen molar-refractivity contribution in [3.05, 3.63) is 76.9 Å². The number of esters is 2. The van der Waals surface area contributed by atoms with Gasteiger partial charge in [0.25, 0.3) is 0 Å². The van der Waals surface area contributed by atoms with Crippen molar-refractivity contribution in [3.8, 4) is 11.5 Å². The topological polar surface area (TPSA) is 204 Å². The number of aromatic hydroxyl groups is 1. The number of fused-ring (bicyclic) bond motifs is 2. The van der Waals surface area contributed by atoms with Gasteiger partial charge in [-0.15, -0.1) is 0 Å². The average Bonchev–Trinajstić information content (AvgIpc) is 3.05. The number of carbonyl (C=O) groups excluding carboxylic acids is 2. The number of aliphatic hydroxyl groups is 5. The van der Waals surface area contributed by atoms with Crippen LogP contribution in [-0.2, 0) is 30.2 Å². The molecule has 4 rings (SSSR count). The third-order valence-electron chi connectivity index (χ3n) is 8.36. The Kier molecular flexibility index (Phi) is 12.7. The molecule has 0 aromatic heterocycles. The summed E-state index contributed by atoms with van der Waals surface area (Å²) in [5.74, 6) is -4.37. The Bertz CT molecular complexity index is 1480. The Morgan fingerprint density at radius 3 is 2.56 bits per heavy atom. The molecule has 13 nitrogen and oxygen atoms in total. The second-order valence-electron chi connectivity index (χ2n) is 12.1. The van der Waals surface area contributed by atoms with Gasteiger partial charge in [0, 0.05) is 32.3 Å². The van der Waals surface area contributed by atoms with E-state index < -0.39 is 60.2 Å². The molecule has 2 aliphatic heterocycles. The highest BCUT2D eigenvalue weighted by atomic mass is 16.7. The average molecular weight is 672 g/mol. The predicted molar refractivity (Wildman–Crippen MR) is 173 cm³/mol. The Morgan fingerprint density at radius 2 is 1.90 bits per heavy atom. The first-order chi connectivity index (χ1) is 22.9. The van der Waals surface area contributed by atoms with E-state index in [4.69, 9.17) is 18.9 Å². The summed E-state index contributed by atoms with van der Waals surface area (Å²) in [5.41, 5.74) is 2.23. The lowest BCUT2D eigenvalue weighted by Gasteiger charge is -2.51. The Hall–Kier alpha value is -3.82. The standard InChI is InChI=1S/C35H45NO12/c1-20(39)19-36-27-9-12-35(44)33(32(46-21(2)40)30(42)31(27)48-35)47-34(43)26(16-23-7-8-28(41)29(17-23)45-3)18-25(11-14-38)24-6-4-5-22(15-24)10-13-37/h4-9,12,15-17,20,25,27,30-33,36-39,41-42,44H,10-11,13-14,18-19H2,1-3H3/t20-,25-,27-,30-,31-,32+,33+,35-/m0/s1. The summed E-state index contributed by atoms with van der Waals surface area (Å²) in [4.78, 5) is 26.3. The molecule has 2 aromatic rings. The summed E-state index contributed by atoms with van der Waals surface area (Å²) in [7, 11) is 1.38. The van der Waals surface area contributed by atoms with E-state index in [0.29, 0.717) is 12.0 Å². The Morgan fingerprint density at radius 1 is 1.12 bits per heavy atom. The molecular formula is C35H45NO12. The molecule has 48 heavy (non-hydrogen) atoms. The van der Waals surface area contributed by atoms with Crippen LogP contribution in [0.25, 0.3) is 6.08 Å². The molecule has 2 aliphatic rings. The number of methoxy groups -OCH3 is 1. The number of carbonyl (C=O) groups is 2. The number of nitrogens with one attached hydrogen (secondary N) is 1. The molecular weight excluding hydrogens is 626 g/mol. The molecule has 0 radical (unpaired) electrons. The maximum Gasteiger partial charge on any atom is 0.334 e. The SMILES string of the molecule is COc1cc(C=C(C[C@H](CCO)c2cccc(CCO)c2)C(=O)O[C@@H]2[C@H](OC(C)=O)[C@@H](O)[C@H]3O[C@@]2(O)C=C[C@@H]3NC[C@H](C)O)ccc1O. The van der Waals surface area contributed by atoms with Crippen molar-refractivity contribution in [2.24, 2.45) is 0 Å². The largest absolute Gasteiger partial charge is 0.504 e. The second kappa shape index (κ2) is 16.5. The van der Waals surface area contributed by atoms with Crippen molar-refractivity contribution in [1.82, 2.24) is 5.32 Å². The maximum absolute atomic E-state index is 14.1. The van der Waals surface area contributed by atoms with E-state index in [9.17, 15) is 40.2 Å². The van der Waals surface area contributed by atoms with Crippen molar-refractivity contribution >= 4 is 18.0 Å². The lowest BCUT2D eigenvalue weighted by Crippen LogP contribution is -2.71. The van der Waals surface area contributed by atoms with E-state index in [2.05, 4.69) is 5.32 Å². The molecule has 2 aromatic carbocycles. The van der Waals surface area contributed by atoms with E-state index in [1.165, 1.54) is 37.5 Å². The van der Waals surface area contributed by atoms with Crippen LogP contribution >= 0.6 is 0 Å². The van der Waals surface area contributed by atoms with E-state index in [1.807, 2.05) is 24.3 Å². The number of phenols is 1. The van der Waals surface area contributed by atoms with Crippen LogP contribution in [-0.4, -0.2) is 112 Å². The van der Waals surface area contributed by atoms with Gasteiger partial charge in [0.2, 0.25) is 5.79 Å². The second-order valence-corrected chi connectivity index (χ2v) is 12.1. The molecule has 7 N–H and O–H groups in total. The molecule has 0 unspecified atom stereocenters. The van der Waals surface area contributed by atoms with E-state index >= 15 is 0 Å². The number of ether oxygens (including phenoxy) is 4. The van der Waals surface area contributed by atoms with Gasteiger partial charge in [0.1, 0.15) is 12.2 Å². The van der Waals surface area contributed by atoms with Gasteiger partial charge in [-0.05, 0) is 73.1 Å². The highest BCUT2D eigenvalue weighted by molar-refractivity contribution is 5.94. The van der Waals surface area contributed by atoms with Crippen LogP contribution in [0.15, 0.2) is 60.2 Å². The molecule has 0 spiro atoms. The lowest BCUT2D eigenvalue weighted by atomic mass is 9.84.